The van der Waals surface area contributed by atoms with Crippen molar-refractivity contribution >= 4 is 46.7 Å². The number of allylic oxidation sites excluding steroid dienone is 4. The minimum Gasteiger partial charge on any atom is -0.489 e. The summed E-state index contributed by atoms with van der Waals surface area (Å²) in [6, 6.07) is 7.00. The summed E-state index contributed by atoms with van der Waals surface area (Å²) >= 11 is 18.4. The van der Waals surface area contributed by atoms with Crippen molar-refractivity contribution in [1.29, 1.82) is 0 Å². The lowest BCUT2D eigenvalue weighted by Crippen LogP contribution is -2.20. The van der Waals surface area contributed by atoms with E-state index in [0.717, 1.165) is 12.8 Å². The molecule has 0 aliphatic heterocycles. The molecule has 1 aliphatic rings. The molecule has 1 atom stereocenters. The lowest BCUT2D eigenvalue weighted by Gasteiger charge is -2.22. The molecule has 214 valence electrons. The van der Waals surface area contributed by atoms with Gasteiger partial charge in [0.1, 0.15) is 11.3 Å². The molecule has 0 amide bonds. The lowest BCUT2D eigenvalue weighted by atomic mass is 9.99. The Bertz CT molecular complexity index is 1280. The van der Waals surface area contributed by atoms with Gasteiger partial charge in [-0.3, -0.25) is 0 Å². The second kappa shape index (κ2) is 15.0. The van der Waals surface area contributed by atoms with Gasteiger partial charge in [0.15, 0.2) is 18.1 Å². The van der Waals surface area contributed by atoms with Gasteiger partial charge in [-0.15, -0.1) is 0 Å². The number of esters is 2. The molecule has 0 bridgehead atoms. The van der Waals surface area contributed by atoms with Crippen LogP contribution in [0.3, 0.4) is 0 Å². The van der Waals surface area contributed by atoms with E-state index in [2.05, 4.69) is 16.3 Å². The highest BCUT2D eigenvalue weighted by Gasteiger charge is 2.26. The van der Waals surface area contributed by atoms with Crippen LogP contribution in [0.15, 0.2) is 70.9 Å². The molecule has 1 saturated carbocycles. The third kappa shape index (κ3) is 9.50. The molecule has 1 heterocycles. The number of hydrogen-bond acceptors (Lipinski definition) is 7. The molecule has 12 heteroatoms. The van der Waals surface area contributed by atoms with Crippen LogP contribution in [-0.4, -0.2) is 36.7 Å². The first-order valence-electron chi connectivity index (χ1n) is 12.1. The first-order chi connectivity index (χ1) is 19.1. The zero-order chi connectivity index (χ0) is 29.2. The summed E-state index contributed by atoms with van der Waals surface area (Å²) in [4.78, 5) is 28.9. The van der Waals surface area contributed by atoms with Gasteiger partial charge in [-0.25, -0.2) is 14.6 Å². The van der Waals surface area contributed by atoms with Crippen molar-refractivity contribution in [3.63, 3.8) is 0 Å². The third-order valence-corrected chi connectivity index (χ3v) is 6.74. The zero-order valence-electron chi connectivity index (χ0n) is 21.4. The van der Waals surface area contributed by atoms with E-state index in [1.165, 1.54) is 42.6 Å². The minimum atomic E-state index is -3.07. The maximum Gasteiger partial charge on any atom is 0.387 e. The Morgan fingerprint density at radius 1 is 1.18 bits per heavy atom. The van der Waals surface area contributed by atoms with Crippen molar-refractivity contribution in [2.75, 3.05) is 13.2 Å². The van der Waals surface area contributed by atoms with Crippen molar-refractivity contribution in [2.45, 2.75) is 38.9 Å². The van der Waals surface area contributed by atoms with E-state index in [-0.39, 0.29) is 38.7 Å². The first-order valence-corrected chi connectivity index (χ1v) is 13.3. The molecule has 1 aromatic heterocycles. The Hall–Kier alpha value is -3.14. The molecule has 7 nitrogen and oxygen atoms in total. The number of carbonyl (C=O) groups excluding carboxylic acids is 2. The number of ether oxygens (including phenoxy) is 4. The molecular weight excluding hydrogens is 591 g/mol. The van der Waals surface area contributed by atoms with Crippen LogP contribution in [0.1, 0.15) is 48.2 Å². The smallest absolute Gasteiger partial charge is 0.387 e. The van der Waals surface area contributed by atoms with Gasteiger partial charge in [0.2, 0.25) is 0 Å². The molecule has 2 aromatic rings. The van der Waals surface area contributed by atoms with Crippen molar-refractivity contribution in [3.8, 4) is 11.5 Å². The number of nitrogens with zero attached hydrogens (tertiary/aromatic N) is 1. The van der Waals surface area contributed by atoms with Gasteiger partial charge in [-0.2, -0.15) is 8.78 Å². The number of halogens is 5. The standard InChI is InChI=1S/C28H26Cl3F2NO6/c1-3-20(29)19(21(30)4-2)12-23(39-26(35)15-38-27(36)18-8-10-25(31)34-13-18)17-7-9-22(40-28(32)33)24(11-17)37-14-16-5-6-16/h3-4,7-11,13,16,23,28H,1,5-6,12,14-15H2,2H3/b20-19+,21-4+/t23-/m0/s1. The van der Waals surface area contributed by atoms with Crippen molar-refractivity contribution in [1.82, 2.24) is 4.98 Å². The van der Waals surface area contributed by atoms with Crippen LogP contribution >= 0.6 is 34.8 Å². The summed E-state index contributed by atoms with van der Waals surface area (Å²) < 4.78 is 47.1. The molecular formula is C28H26Cl3F2NO6. The number of carbonyl (C=O) groups is 2. The lowest BCUT2D eigenvalue weighted by molar-refractivity contribution is -0.153. The molecule has 0 saturated heterocycles. The summed E-state index contributed by atoms with van der Waals surface area (Å²) in [7, 11) is 0. The number of pyridine rings is 1. The van der Waals surface area contributed by atoms with Crippen molar-refractivity contribution < 1.29 is 37.3 Å². The number of hydrogen-bond donors (Lipinski definition) is 0. The highest BCUT2D eigenvalue weighted by molar-refractivity contribution is 6.36. The highest BCUT2D eigenvalue weighted by atomic mass is 35.5. The maximum atomic E-state index is 13.0. The Morgan fingerprint density at radius 2 is 1.93 bits per heavy atom. The number of benzene rings is 1. The molecule has 1 aromatic carbocycles. The molecule has 1 aliphatic carbocycles. The second-order valence-electron chi connectivity index (χ2n) is 8.63. The van der Waals surface area contributed by atoms with Gasteiger partial charge in [0.25, 0.3) is 0 Å². The number of alkyl halides is 2. The number of rotatable bonds is 14. The summed E-state index contributed by atoms with van der Waals surface area (Å²) in [6.07, 6.45) is 5.09. The Labute approximate surface area is 245 Å². The van der Waals surface area contributed by atoms with Crippen LogP contribution in [-0.2, 0) is 14.3 Å². The molecule has 3 rings (SSSR count). The Balaban J connectivity index is 1.87. The Kier molecular flexibility index (Phi) is 11.8. The molecule has 40 heavy (non-hydrogen) atoms. The van der Waals surface area contributed by atoms with Gasteiger partial charge >= 0.3 is 18.6 Å². The summed E-state index contributed by atoms with van der Waals surface area (Å²) in [5.74, 6) is -1.48. The summed E-state index contributed by atoms with van der Waals surface area (Å²) in [6.45, 7) is 1.89. The van der Waals surface area contributed by atoms with E-state index < -0.39 is 31.3 Å². The summed E-state index contributed by atoms with van der Waals surface area (Å²) in [5, 5.41) is 0.690. The van der Waals surface area contributed by atoms with Crippen LogP contribution in [0, 0.1) is 5.92 Å². The number of aromatic nitrogens is 1. The monoisotopic (exact) mass is 615 g/mol. The SMILES string of the molecule is C=C/C(Cl)=C(C[C@H](OC(=O)COC(=O)c1ccc(Cl)nc1)c1ccc(OC(F)F)c(OCC2CC2)c1)\C(Cl)=C/C. The predicted molar refractivity (Wildman–Crippen MR) is 147 cm³/mol. The van der Waals surface area contributed by atoms with Crippen molar-refractivity contribution in [3.05, 3.63) is 87.2 Å². The fourth-order valence-electron chi connectivity index (χ4n) is 3.44. The van der Waals surface area contributed by atoms with E-state index in [1.54, 1.807) is 13.0 Å². The zero-order valence-corrected chi connectivity index (χ0v) is 23.6. The van der Waals surface area contributed by atoms with Crippen LogP contribution < -0.4 is 9.47 Å². The molecule has 0 N–H and O–H groups in total. The third-order valence-electron chi connectivity index (χ3n) is 5.68. The van der Waals surface area contributed by atoms with E-state index in [0.29, 0.717) is 23.7 Å². The van der Waals surface area contributed by atoms with Gasteiger partial charge in [0, 0.05) is 22.7 Å². The van der Waals surface area contributed by atoms with Gasteiger partial charge in [0.05, 0.1) is 12.2 Å². The predicted octanol–water partition coefficient (Wildman–Crippen LogP) is 7.78. The topological polar surface area (TPSA) is 84.0 Å². The maximum absolute atomic E-state index is 13.0. The van der Waals surface area contributed by atoms with Crippen molar-refractivity contribution in [2.24, 2.45) is 5.92 Å². The first kappa shape index (κ1) is 31.4. The van der Waals surface area contributed by atoms with Gasteiger partial charge < -0.3 is 18.9 Å². The van der Waals surface area contributed by atoms with E-state index >= 15 is 0 Å². The average Bonchev–Trinajstić information content (AvgIpc) is 3.77. The van der Waals surface area contributed by atoms with Crippen LogP contribution in [0.5, 0.6) is 11.5 Å². The average molecular weight is 617 g/mol. The molecule has 0 unspecified atom stereocenters. The normalized spacial score (nSPS) is 14.7. The molecule has 1 fully saturated rings. The molecule has 0 radical (unpaired) electrons. The molecule has 0 spiro atoms. The minimum absolute atomic E-state index is 0.0219. The highest BCUT2D eigenvalue weighted by Crippen LogP contribution is 2.39. The van der Waals surface area contributed by atoms with Crippen LogP contribution in [0.25, 0.3) is 0 Å². The second-order valence-corrected chi connectivity index (χ2v) is 9.84. The fourth-order valence-corrected chi connectivity index (χ4v) is 3.96. The fraction of sp³-hybridized carbons (Fsp3) is 0.321. The van der Waals surface area contributed by atoms with E-state index in [1.807, 2.05) is 0 Å². The van der Waals surface area contributed by atoms with Gasteiger partial charge in [-0.05, 0) is 61.1 Å². The van der Waals surface area contributed by atoms with Gasteiger partial charge in [-0.1, -0.05) is 59.6 Å². The van der Waals surface area contributed by atoms with E-state index in [9.17, 15) is 18.4 Å². The van der Waals surface area contributed by atoms with Crippen LogP contribution in [0.2, 0.25) is 5.15 Å². The Morgan fingerprint density at radius 3 is 2.52 bits per heavy atom. The summed E-state index contributed by atoms with van der Waals surface area (Å²) in [5.41, 5.74) is 0.875. The quantitative estimate of drug-likeness (QED) is 0.122. The van der Waals surface area contributed by atoms with E-state index in [4.69, 9.17) is 49.0 Å². The van der Waals surface area contributed by atoms with Crippen LogP contribution in [0.4, 0.5) is 8.78 Å². The largest absolute Gasteiger partial charge is 0.489 e.